The maximum absolute atomic E-state index is 10.7. The average molecular weight is 336 g/mol. The first-order valence-corrected chi connectivity index (χ1v) is 8.66. The third-order valence-electron chi connectivity index (χ3n) is 5.35. The van der Waals surface area contributed by atoms with Crippen molar-refractivity contribution in [3.05, 3.63) is 23.3 Å². The van der Waals surface area contributed by atoms with Crippen LogP contribution in [-0.4, -0.2) is 85.7 Å². The smallest absolute Gasteiger partial charge is 0.122 e. The van der Waals surface area contributed by atoms with Crippen LogP contribution in [0.4, 0.5) is 0 Å². The third-order valence-corrected chi connectivity index (χ3v) is 5.35. The zero-order valence-electron chi connectivity index (χ0n) is 14.6. The second kappa shape index (κ2) is 7.70. The van der Waals surface area contributed by atoms with Gasteiger partial charge in [-0.25, -0.2) is 0 Å². The van der Waals surface area contributed by atoms with E-state index in [2.05, 4.69) is 9.80 Å². The Kier molecular flexibility index (Phi) is 5.61. The quantitative estimate of drug-likeness (QED) is 0.798. The van der Waals surface area contributed by atoms with Crippen LogP contribution in [-0.2, 0) is 12.8 Å². The molecule has 1 fully saturated rings. The van der Waals surface area contributed by atoms with E-state index in [0.29, 0.717) is 6.42 Å². The van der Waals surface area contributed by atoms with Crippen LogP contribution >= 0.6 is 0 Å². The lowest BCUT2D eigenvalue weighted by Crippen LogP contribution is -2.56. The number of fused-ring (bicyclic) bond motifs is 1. The molecule has 6 nitrogen and oxygen atoms in total. The summed E-state index contributed by atoms with van der Waals surface area (Å²) in [6.45, 7) is 4.65. The Balaban J connectivity index is 1.77. The van der Waals surface area contributed by atoms with Gasteiger partial charge in [-0.1, -0.05) is 0 Å². The molecule has 2 aliphatic rings. The molecule has 3 rings (SSSR count). The number of piperazine rings is 1. The van der Waals surface area contributed by atoms with Crippen molar-refractivity contribution in [3.8, 4) is 11.5 Å². The molecule has 1 saturated heterocycles. The molecule has 2 unspecified atom stereocenters. The molecule has 0 saturated carbocycles. The van der Waals surface area contributed by atoms with Crippen LogP contribution in [0.1, 0.15) is 11.1 Å². The molecule has 1 heterocycles. The van der Waals surface area contributed by atoms with Crippen molar-refractivity contribution in [1.29, 1.82) is 0 Å². The lowest BCUT2D eigenvalue weighted by Gasteiger charge is -2.43. The van der Waals surface area contributed by atoms with Gasteiger partial charge >= 0.3 is 0 Å². The van der Waals surface area contributed by atoms with Crippen molar-refractivity contribution >= 4 is 0 Å². The highest BCUT2D eigenvalue weighted by Gasteiger charge is 2.35. The Hall–Kier alpha value is -1.34. The summed E-state index contributed by atoms with van der Waals surface area (Å²) >= 11 is 0. The van der Waals surface area contributed by atoms with Gasteiger partial charge in [0, 0.05) is 56.3 Å². The maximum atomic E-state index is 10.7. The Morgan fingerprint density at radius 1 is 1.00 bits per heavy atom. The monoisotopic (exact) mass is 336 g/mol. The summed E-state index contributed by atoms with van der Waals surface area (Å²) in [6, 6.07) is 3.97. The molecule has 0 spiro atoms. The number of benzene rings is 1. The van der Waals surface area contributed by atoms with Gasteiger partial charge in [0.2, 0.25) is 0 Å². The van der Waals surface area contributed by atoms with E-state index in [0.717, 1.165) is 61.8 Å². The van der Waals surface area contributed by atoms with Crippen LogP contribution < -0.4 is 9.47 Å². The molecule has 6 heteroatoms. The van der Waals surface area contributed by atoms with Crippen molar-refractivity contribution in [3.63, 3.8) is 0 Å². The average Bonchev–Trinajstić information content (AvgIpc) is 2.61. The summed E-state index contributed by atoms with van der Waals surface area (Å²) in [6.07, 6.45) is 0.969. The number of hydrogen-bond acceptors (Lipinski definition) is 6. The van der Waals surface area contributed by atoms with Gasteiger partial charge in [0.1, 0.15) is 11.5 Å². The van der Waals surface area contributed by atoms with E-state index in [1.54, 1.807) is 14.2 Å². The van der Waals surface area contributed by atoms with Gasteiger partial charge in [0.15, 0.2) is 0 Å². The van der Waals surface area contributed by atoms with Gasteiger partial charge in [0.25, 0.3) is 0 Å². The van der Waals surface area contributed by atoms with E-state index in [-0.39, 0.29) is 12.6 Å². The SMILES string of the molecule is COc1ccc(OC)c2c1CC(O)C(N1CCN(CCO)CC1)C2. The summed E-state index contributed by atoms with van der Waals surface area (Å²) in [5, 5.41) is 19.8. The molecule has 2 N–H and O–H groups in total. The van der Waals surface area contributed by atoms with Crippen molar-refractivity contribution in [1.82, 2.24) is 9.80 Å². The molecule has 0 bridgehead atoms. The normalized spacial score (nSPS) is 25.3. The lowest BCUT2D eigenvalue weighted by atomic mass is 9.84. The van der Waals surface area contributed by atoms with E-state index in [1.807, 2.05) is 12.1 Å². The Labute approximate surface area is 143 Å². The Morgan fingerprint density at radius 3 is 2.12 bits per heavy atom. The van der Waals surface area contributed by atoms with Crippen LogP contribution in [0.2, 0.25) is 0 Å². The van der Waals surface area contributed by atoms with Gasteiger partial charge < -0.3 is 19.7 Å². The molecule has 1 aromatic rings. The summed E-state index contributed by atoms with van der Waals surface area (Å²) < 4.78 is 11.0. The second-order valence-corrected chi connectivity index (χ2v) is 6.57. The van der Waals surface area contributed by atoms with Crippen molar-refractivity contribution < 1.29 is 19.7 Å². The fourth-order valence-electron chi connectivity index (χ4n) is 4.00. The minimum Gasteiger partial charge on any atom is -0.496 e. The predicted molar refractivity (Wildman–Crippen MR) is 91.8 cm³/mol. The molecular formula is C18H28N2O4. The zero-order valence-corrected chi connectivity index (χ0v) is 14.6. The molecule has 2 atom stereocenters. The summed E-state index contributed by atoms with van der Waals surface area (Å²) in [5.74, 6) is 1.71. The van der Waals surface area contributed by atoms with Crippen LogP contribution in [0.5, 0.6) is 11.5 Å². The van der Waals surface area contributed by atoms with E-state index in [4.69, 9.17) is 14.6 Å². The third kappa shape index (κ3) is 3.37. The minimum absolute atomic E-state index is 0.106. The van der Waals surface area contributed by atoms with E-state index >= 15 is 0 Å². The summed E-state index contributed by atoms with van der Waals surface area (Å²) in [7, 11) is 3.36. The molecule has 0 radical (unpaired) electrons. The number of hydrogen-bond donors (Lipinski definition) is 2. The van der Waals surface area contributed by atoms with Crippen LogP contribution in [0.25, 0.3) is 0 Å². The molecule has 1 aliphatic carbocycles. The molecule has 0 amide bonds. The van der Waals surface area contributed by atoms with Crippen molar-refractivity contribution in [2.75, 3.05) is 53.6 Å². The standard InChI is InChI=1S/C18H28N2O4/c1-23-17-3-4-18(24-2)14-12-16(22)15(11-13(14)17)20-7-5-19(6-8-20)9-10-21/h3-4,15-16,21-22H,5-12H2,1-2H3. The maximum Gasteiger partial charge on any atom is 0.122 e. The van der Waals surface area contributed by atoms with Gasteiger partial charge in [-0.2, -0.15) is 0 Å². The number of rotatable bonds is 5. The first kappa shape index (κ1) is 17.5. The van der Waals surface area contributed by atoms with E-state index in [1.165, 1.54) is 0 Å². The predicted octanol–water partition coefficient (Wildman–Crippen LogP) is 0.142. The number of β-amino-alcohol motifs (C(OH)–C–C–N with tert-alkyl or cyclic N) is 1. The molecule has 24 heavy (non-hydrogen) atoms. The zero-order chi connectivity index (χ0) is 17.1. The molecular weight excluding hydrogens is 308 g/mol. The lowest BCUT2D eigenvalue weighted by molar-refractivity contribution is 0.0108. The van der Waals surface area contributed by atoms with Gasteiger partial charge in [0.05, 0.1) is 26.9 Å². The highest BCUT2D eigenvalue weighted by molar-refractivity contribution is 5.51. The van der Waals surface area contributed by atoms with Crippen LogP contribution in [0.15, 0.2) is 12.1 Å². The fourth-order valence-corrected chi connectivity index (χ4v) is 4.00. The topological polar surface area (TPSA) is 65.4 Å². The van der Waals surface area contributed by atoms with Crippen molar-refractivity contribution in [2.45, 2.75) is 25.0 Å². The number of ether oxygens (including phenoxy) is 2. The highest BCUT2D eigenvalue weighted by atomic mass is 16.5. The largest absolute Gasteiger partial charge is 0.496 e. The van der Waals surface area contributed by atoms with Gasteiger partial charge in [-0.15, -0.1) is 0 Å². The molecule has 0 aromatic heterocycles. The first-order chi connectivity index (χ1) is 11.7. The van der Waals surface area contributed by atoms with Gasteiger partial charge in [-0.3, -0.25) is 9.80 Å². The number of methoxy groups -OCH3 is 2. The number of aliphatic hydroxyl groups is 2. The first-order valence-electron chi connectivity index (χ1n) is 8.66. The summed E-state index contributed by atoms with van der Waals surface area (Å²) in [5.41, 5.74) is 2.23. The van der Waals surface area contributed by atoms with E-state index < -0.39 is 6.10 Å². The minimum atomic E-state index is -0.400. The second-order valence-electron chi connectivity index (χ2n) is 6.57. The molecule has 134 valence electrons. The van der Waals surface area contributed by atoms with Crippen LogP contribution in [0, 0.1) is 0 Å². The Morgan fingerprint density at radius 2 is 1.58 bits per heavy atom. The number of aliphatic hydroxyl groups excluding tert-OH is 2. The fraction of sp³-hybridized carbons (Fsp3) is 0.667. The van der Waals surface area contributed by atoms with E-state index in [9.17, 15) is 5.11 Å². The summed E-state index contributed by atoms with van der Waals surface area (Å²) in [4.78, 5) is 4.64. The van der Waals surface area contributed by atoms with Crippen molar-refractivity contribution in [2.24, 2.45) is 0 Å². The molecule has 1 aromatic carbocycles. The van der Waals surface area contributed by atoms with Crippen LogP contribution in [0.3, 0.4) is 0 Å². The van der Waals surface area contributed by atoms with Gasteiger partial charge in [-0.05, 0) is 18.6 Å². The molecule has 1 aliphatic heterocycles. The highest BCUT2D eigenvalue weighted by Crippen LogP contribution is 2.37. The Bertz CT molecular complexity index is 558. The number of nitrogens with zero attached hydrogens (tertiary/aromatic N) is 2.